The van der Waals surface area contributed by atoms with Crippen molar-refractivity contribution in [3.05, 3.63) is 0 Å². The third-order valence-electron chi connectivity index (χ3n) is 2.74. The number of aliphatic carboxylic acids is 1. The summed E-state index contributed by atoms with van der Waals surface area (Å²) in [5.74, 6) is -0.834. The molecule has 0 radical (unpaired) electrons. The van der Waals surface area contributed by atoms with Gasteiger partial charge in [-0.3, -0.25) is 4.79 Å². The van der Waals surface area contributed by atoms with Crippen LogP contribution in [0.25, 0.3) is 0 Å². The molecule has 2 unspecified atom stereocenters. The van der Waals surface area contributed by atoms with E-state index in [0.717, 1.165) is 0 Å². The van der Waals surface area contributed by atoms with Crippen LogP contribution in [0.3, 0.4) is 0 Å². The number of carbonyl (C=O) groups is 2. The minimum Gasteiger partial charge on any atom is -0.480 e. The molecule has 0 saturated carbocycles. The van der Waals surface area contributed by atoms with Gasteiger partial charge in [0.05, 0.1) is 0 Å². The lowest BCUT2D eigenvalue weighted by atomic mass is 9.96. The maximum absolute atomic E-state index is 11.7. The lowest BCUT2D eigenvalue weighted by Gasteiger charge is -2.20. The lowest BCUT2D eigenvalue weighted by Crippen LogP contribution is -2.44. The predicted molar refractivity (Wildman–Crippen MR) is 63.0 cm³/mol. The summed E-state index contributed by atoms with van der Waals surface area (Å²) in [5, 5.41) is 11.6. The average Bonchev–Trinajstić information content (AvgIpc) is 2.14. The normalized spacial score (nSPS) is 14.9. The van der Waals surface area contributed by atoms with Crippen LogP contribution in [0.15, 0.2) is 0 Å². The van der Waals surface area contributed by atoms with Crippen LogP contribution in [0, 0.1) is 17.8 Å². The molecule has 0 fully saturated rings. The Morgan fingerprint density at radius 2 is 1.62 bits per heavy atom. The van der Waals surface area contributed by atoms with E-state index < -0.39 is 12.0 Å². The van der Waals surface area contributed by atoms with E-state index in [-0.39, 0.29) is 23.7 Å². The van der Waals surface area contributed by atoms with Crippen molar-refractivity contribution >= 4 is 11.9 Å². The minimum absolute atomic E-state index is 0.158. The van der Waals surface area contributed by atoms with Gasteiger partial charge in [0.1, 0.15) is 6.04 Å². The van der Waals surface area contributed by atoms with Crippen molar-refractivity contribution in [1.29, 1.82) is 0 Å². The van der Waals surface area contributed by atoms with Gasteiger partial charge < -0.3 is 10.4 Å². The monoisotopic (exact) mass is 229 g/mol. The quantitative estimate of drug-likeness (QED) is 0.731. The summed E-state index contributed by atoms with van der Waals surface area (Å²) in [6.45, 7) is 9.58. The van der Waals surface area contributed by atoms with Gasteiger partial charge in [0.25, 0.3) is 0 Å². The molecule has 0 heterocycles. The molecule has 0 aliphatic carbocycles. The van der Waals surface area contributed by atoms with E-state index in [4.69, 9.17) is 5.11 Å². The van der Waals surface area contributed by atoms with Crippen LogP contribution >= 0.6 is 0 Å². The number of amides is 1. The lowest BCUT2D eigenvalue weighted by molar-refractivity contribution is -0.143. The topological polar surface area (TPSA) is 66.4 Å². The van der Waals surface area contributed by atoms with Gasteiger partial charge in [0, 0.05) is 5.92 Å². The van der Waals surface area contributed by atoms with Gasteiger partial charge in [-0.25, -0.2) is 4.79 Å². The molecular weight excluding hydrogens is 206 g/mol. The van der Waals surface area contributed by atoms with E-state index in [1.807, 2.05) is 34.6 Å². The Balaban J connectivity index is 4.40. The van der Waals surface area contributed by atoms with Crippen LogP contribution in [-0.4, -0.2) is 23.0 Å². The van der Waals surface area contributed by atoms with Gasteiger partial charge in [-0.05, 0) is 18.3 Å². The fourth-order valence-electron chi connectivity index (χ4n) is 1.30. The summed E-state index contributed by atoms with van der Waals surface area (Å²) in [4.78, 5) is 22.7. The van der Waals surface area contributed by atoms with E-state index in [2.05, 4.69) is 5.32 Å². The standard InChI is InChI=1S/C12H23NO3/c1-7(2)6-10(12(15)16)13-11(14)9(5)8(3)4/h7-10H,6H2,1-5H3,(H,13,14)(H,15,16). The molecule has 0 aliphatic rings. The minimum atomic E-state index is -0.960. The second-order valence-corrected chi connectivity index (χ2v) is 5.06. The van der Waals surface area contributed by atoms with Crippen molar-refractivity contribution in [3.8, 4) is 0 Å². The molecule has 4 nitrogen and oxygen atoms in total. The molecule has 0 aliphatic heterocycles. The average molecular weight is 229 g/mol. The summed E-state index contributed by atoms with van der Waals surface area (Å²) < 4.78 is 0. The molecule has 0 saturated heterocycles. The Labute approximate surface area is 97.4 Å². The smallest absolute Gasteiger partial charge is 0.326 e. The second kappa shape index (κ2) is 6.51. The van der Waals surface area contributed by atoms with Crippen LogP contribution in [0.2, 0.25) is 0 Å². The van der Waals surface area contributed by atoms with E-state index in [1.54, 1.807) is 0 Å². The predicted octanol–water partition coefficient (Wildman–Crippen LogP) is 1.89. The molecule has 16 heavy (non-hydrogen) atoms. The number of carboxylic acid groups (broad SMARTS) is 1. The molecule has 0 aromatic heterocycles. The molecule has 94 valence electrons. The van der Waals surface area contributed by atoms with E-state index in [1.165, 1.54) is 0 Å². The van der Waals surface area contributed by atoms with Crippen molar-refractivity contribution in [2.24, 2.45) is 17.8 Å². The summed E-state index contributed by atoms with van der Waals surface area (Å²) in [5.41, 5.74) is 0. The van der Waals surface area contributed by atoms with Crippen LogP contribution in [0.1, 0.15) is 41.0 Å². The van der Waals surface area contributed by atoms with Crippen molar-refractivity contribution < 1.29 is 14.7 Å². The molecule has 2 atom stereocenters. The maximum atomic E-state index is 11.7. The zero-order valence-corrected chi connectivity index (χ0v) is 10.8. The van der Waals surface area contributed by atoms with E-state index >= 15 is 0 Å². The van der Waals surface area contributed by atoms with Gasteiger partial charge in [-0.1, -0.05) is 34.6 Å². The second-order valence-electron chi connectivity index (χ2n) is 5.06. The summed E-state index contributed by atoms with van der Waals surface area (Å²) in [7, 11) is 0. The van der Waals surface area contributed by atoms with Gasteiger partial charge in [0.2, 0.25) is 5.91 Å². The van der Waals surface area contributed by atoms with E-state index in [9.17, 15) is 9.59 Å². The summed E-state index contributed by atoms with van der Waals surface area (Å²) in [6, 6.07) is -0.770. The van der Waals surface area contributed by atoms with Crippen molar-refractivity contribution in [2.75, 3.05) is 0 Å². The molecule has 0 aromatic rings. The first-order valence-corrected chi connectivity index (χ1v) is 5.78. The molecule has 0 bridgehead atoms. The van der Waals surface area contributed by atoms with Gasteiger partial charge >= 0.3 is 5.97 Å². The van der Waals surface area contributed by atoms with Crippen molar-refractivity contribution in [2.45, 2.75) is 47.1 Å². The Bertz CT molecular complexity index is 249. The SMILES string of the molecule is CC(C)CC(NC(=O)C(C)C(C)C)C(=O)O. The Kier molecular flexibility index (Phi) is 6.08. The highest BCUT2D eigenvalue weighted by Crippen LogP contribution is 2.11. The number of hydrogen-bond donors (Lipinski definition) is 2. The number of hydrogen-bond acceptors (Lipinski definition) is 2. The zero-order valence-electron chi connectivity index (χ0n) is 10.8. The number of carbonyl (C=O) groups excluding carboxylic acids is 1. The number of nitrogens with one attached hydrogen (secondary N) is 1. The molecule has 0 aromatic carbocycles. The Morgan fingerprint density at radius 1 is 1.12 bits per heavy atom. The third-order valence-corrected chi connectivity index (χ3v) is 2.74. The first kappa shape index (κ1) is 14.9. The fourth-order valence-corrected chi connectivity index (χ4v) is 1.30. The van der Waals surface area contributed by atoms with Crippen molar-refractivity contribution in [1.82, 2.24) is 5.32 Å². The van der Waals surface area contributed by atoms with Crippen LogP contribution in [-0.2, 0) is 9.59 Å². The molecular formula is C12H23NO3. The molecule has 1 amide bonds. The Morgan fingerprint density at radius 3 is 1.94 bits per heavy atom. The van der Waals surface area contributed by atoms with Gasteiger partial charge in [0.15, 0.2) is 0 Å². The van der Waals surface area contributed by atoms with E-state index in [0.29, 0.717) is 6.42 Å². The highest BCUT2D eigenvalue weighted by molar-refractivity contribution is 5.84. The van der Waals surface area contributed by atoms with Crippen molar-refractivity contribution in [3.63, 3.8) is 0 Å². The Hall–Kier alpha value is -1.06. The molecule has 2 N–H and O–H groups in total. The molecule has 0 rings (SSSR count). The largest absolute Gasteiger partial charge is 0.480 e. The van der Waals surface area contributed by atoms with Crippen LogP contribution in [0.4, 0.5) is 0 Å². The molecule has 4 heteroatoms. The zero-order chi connectivity index (χ0) is 12.9. The first-order chi connectivity index (χ1) is 7.25. The highest BCUT2D eigenvalue weighted by Gasteiger charge is 2.24. The third kappa shape index (κ3) is 5.14. The highest BCUT2D eigenvalue weighted by atomic mass is 16.4. The van der Waals surface area contributed by atoms with Gasteiger partial charge in [-0.2, -0.15) is 0 Å². The number of carboxylic acids is 1. The van der Waals surface area contributed by atoms with Crippen LogP contribution < -0.4 is 5.32 Å². The number of rotatable bonds is 6. The fraction of sp³-hybridized carbons (Fsp3) is 0.833. The first-order valence-electron chi connectivity index (χ1n) is 5.78. The maximum Gasteiger partial charge on any atom is 0.326 e. The summed E-state index contributed by atoms with van der Waals surface area (Å²) in [6.07, 6.45) is 0.464. The molecule has 0 spiro atoms. The van der Waals surface area contributed by atoms with Gasteiger partial charge in [-0.15, -0.1) is 0 Å². The van der Waals surface area contributed by atoms with Crippen LogP contribution in [0.5, 0.6) is 0 Å². The summed E-state index contributed by atoms with van der Waals surface area (Å²) >= 11 is 0.